The van der Waals surface area contributed by atoms with Gasteiger partial charge in [-0.3, -0.25) is 14.5 Å². The average molecular weight is 434 g/mol. The van der Waals surface area contributed by atoms with Crippen LogP contribution in [0.25, 0.3) is 6.08 Å². The number of hydrogen-bond donors (Lipinski definition) is 1. The van der Waals surface area contributed by atoms with Gasteiger partial charge < -0.3 is 15.0 Å². The number of nitrogens with one attached hydrogen (secondary N) is 1. The predicted octanol–water partition coefficient (Wildman–Crippen LogP) is 3.59. The van der Waals surface area contributed by atoms with Crippen LogP contribution >= 0.6 is 0 Å². The van der Waals surface area contributed by atoms with Crippen LogP contribution in [-0.4, -0.2) is 60.9 Å². The van der Waals surface area contributed by atoms with Gasteiger partial charge in [-0.15, -0.1) is 0 Å². The van der Waals surface area contributed by atoms with Gasteiger partial charge in [0.2, 0.25) is 11.8 Å². The first-order valence-corrected chi connectivity index (χ1v) is 11.4. The van der Waals surface area contributed by atoms with Crippen LogP contribution in [0.15, 0.2) is 54.6 Å². The number of amides is 2. The highest BCUT2D eigenvalue weighted by Crippen LogP contribution is 2.26. The zero-order valence-electron chi connectivity index (χ0n) is 18.5. The van der Waals surface area contributed by atoms with E-state index in [0.717, 1.165) is 56.1 Å². The van der Waals surface area contributed by atoms with E-state index in [2.05, 4.69) is 34.5 Å². The Morgan fingerprint density at radius 3 is 2.66 bits per heavy atom. The lowest BCUT2D eigenvalue weighted by molar-refractivity contribution is -0.133. The molecule has 168 valence electrons. The number of carbonyl (C=O) groups excluding carboxylic acids is 2. The van der Waals surface area contributed by atoms with Crippen LogP contribution in [0.1, 0.15) is 30.4 Å². The van der Waals surface area contributed by atoms with Crippen molar-refractivity contribution in [1.29, 1.82) is 0 Å². The first kappa shape index (κ1) is 22.1. The molecule has 2 aromatic rings. The Morgan fingerprint density at radius 1 is 1.03 bits per heavy atom. The average Bonchev–Trinajstić information content (AvgIpc) is 2.83. The minimum Gasteiger partial charge on any atom is -0.494 e. The minimum absolute atomic E-state index is 0.0640. The molecule has 32 heavy (non-hydrogen) atoms. The maximum atomic E-state index is 12.5. The number of fused-ring (bicyclic) bond motifs is 1. The van der Waals surface area contributed by atoms with Gasteiger partial charge in [-0.25, -0.2) is 0 Å². The summed E-state index contributed by atoms with van der Waals surface area (Å²) in [6.45, 7) is 4.82. The molecule has 2 aromatic carbocycles. The molecule has 2 aliphatic rings. The van der Waals surface area contributed by atoms with E-state index in [9.17, 15) is 9.59 Å². The van der Waals surface area contributed by atoms with Gasteiger partial charge in [0.1, 0.15) is 5.75 Å². The lowest BCUT2D eigenvalue weighted by Gasteiger charge is -2.34. The van der Waals surface area contributed by atoms with E-state index in [4.69, 9.17) is 4.74 Å². The summed E-state index contributed by atoms with van der Waals surface area (Å²) in [7, 11) is 0. The van der Waals surface area contributed by atoms with E-state index in [1.54, 1.807) is 0 Å². The quantitative estimate of drug-likeness (QED) is 0.647. The number of hydrogen-bond acceptors (Lipinski definition) is 4. The number of benzene rings is 2. The van der Waals surface area contributed by atoms with Crippen molar-refractivity contribution < 1.29 is 14.3 Å². The first-order valence-electron chi connectivity index (χ1n) is 11.4. The van der Waals surface area contributed by atoms with Crippen LogP contribution < -0.4 is 10.1 Å². The third-order valence-electron chi connectivity index (χ3n) is 5.97. The van der Waals surface area contributed by atoms with E-state index in [1.807, 2.05) is 41.3 Å². The van der Waals surface area contributed by atoms with Crippen molar-refractivity contribution >= 4 is 23.6 Å². The van der Waals surface area contributed by atoms with Crippen molar-refractivity contribution in [3.63, 3.8) is 0 Å². The summed E-state index contributed by atoms with van der Waals surface area (Å²) in [6.07, 6.45) is 6.81. The number of rotatable bonds is 8. The highest BCUT2D eigenvalue weighted by Gasteiger charge is 2.20. The predicted molar refractivity (Wildman–Crippen MR) is 127 cm³/mol. The van der Waals surface area contributed by atoms with E-state index in [0.29, 0.717) is 25.9 Å². The summed E-state index contributed by atoms with van der Waals surface area (Å²) in [6, 6.07) is 16.1. The fraction of sp³-hybridized carbons (Fsp3) is 0.385. The molecule has 2 amide bonds. The molecule has 2 aliphatic heterocycles. The molecule has 0 bridgehead atoms. The Morgan fingerprint density at radius 2 is 1.84 bits per heavy atom. The third kappa shape index (κ3) is 6.20. The van der Waals surface area contributed by atoms with Gasteiger partial charge in [-0.05, 0) is 42.2 Å². The smallest absolute Gasteiger partial charge is 0.224 e. The molecule has 1 fully saturated rings. The zero-order valence-corrected chi connectivity index (χ0v) is 18.5. The van der Waals surface area contributed by atoms with Gasteiger partial charge in [0.05, 0.1) is 6.61 Å². The number of anilines is 1. The van der Waals surface area contributed by atoms with Crippen LogP contribution in [0.4, 0.5) is 5.69 Å². The van der Waals surface area contributed by atoms with Gasteiger partial charge in [-0.1, -0.05) is 42.5 Å². The molecule has 6 nitrogen and oxygen atoms in total. The van der Waals surface area contributed by atoms with E-state index in [-0.39, 0.29) is 11.8 Å². The van der Waals surface area contributed by atoms with Crippen LogP contribution in [0.5, 0.6) is 5.75 Å². The van der Waals surface area contributed by atoms with E-state index < -0.39 is 0 Å². The van der Waals surface area contributed by atoms with Crippen LogP contribution in [-0.2, 0) is 16.0 Å². The molecule has 6 heteroatoms. The van der Waals surface area contributed by atoms with Crippen LogP contribution in [0.3, 0.4) is 0 Å². The maximum Gasteiger partial charge on any atom is 0.224 e. The first-order chi connectivity index (χ1) is 15.7. The highest BCUT2D eigenvalue weighted by molar-refractivity contribution is 5.94. The second kappa shape index (κ2) is 11.0. The molecular weight excluding hydrogens is 402 g/mol. The number of ether oxygens (including phenoxy) is 1. The molecule has 0 spiro atoms. The topological polar surface area (TPSA) is 61.9 Å². The Labute approximate surface area is 189 Å². The Hall–Kier alpha value is -3.12. The van der Waals surface area contributed by atoms with Crippen molar-refractivity contribution in [2.24, 2.45) is 0 Å². The number of nitrogens with zero attached hydrogens (tertiary/aromatic N) is 2. The van der Waals surface area contributed by atoms with Crippen molar-refractivity contribution in [3.05, 3.63) is 65.7 Å². The normalized spacial score (nSPS) is 16.6. The number of aryl methyl sites for hydroxylation is 1. The zero-order chi connectivity index (χ0) is 22.2. The molecule has 4 rings (SSSR count). The molecule has 0 aliphatic carbocycles. The van der Waals surface area contributed by atoms with Gasteiger partial charge in [0.25, 0.3) is 0 Å². The van der Waals surface area contributed by atoms with Crippen molar-refractivity contribution in [2.45, 2.75) is 25.7 Å². The lowest BCUT2D eigenvalue weighted by atomic mass is 10.0. The summed E-state index contributed by atoms with van der Waals surface area (Å²) in [5.74, 6) is 1.07. The van der Waals surface area contributed by atoms with Gasteiger partial charge >= 0.3 is 0 Å². The van der Waals surface area contributed by atoms with Gasteiger partial charge in [0, 0.05) is 51.3 Å². The van der Waals surface area contributed by atoms with Gasteiger partial charge in [0.15, 0.2) is 0 Å². The van der Waals surface area contributed by atoms with Gasteiger partial charge in [-0.2, -0.15) is 0 Å². The van der Waals surface area contributed by atoms with Crippen molar-refractivity contribution in [2.75, 3.05) is 44.6 Å². The Bertz CT molecular complexity index is 950. The highest BCUT2D eigenvalue weighted by atomic mass is 16.5. The molecule has 1 saturated heterocycles. The molecule has 0 atom stereocenters. The second-order valence-electron chi connectivity index (χ2n) is 8.31. The SMILES string of the molecule is O=C1CCc2cc(OCCCC(=O)N3CCN(C/C=C/c4ccccc4)CC3)ccc2N1. The third-order valence-corrected chi connectivity index (χ3v) is 5.97. The second-order valence-corrected chi connectivity index (χ2v) is 8.31. The molecule has 0 radical (unpaired) electrons. The van der Waals surface area contributed by atoms with Crippen molar-refractivity contribution in [3.8, 4) is 5.75 Å². The number of carbonyl (C=O) groups is 2. The summed E-state index contributed by atoms with van der Waals surface area (Å²) in [5, 5.41) is 2.88. The Kier molecular flexibility index (Phi) is 7.56. The van der Waals surface area contributed by atoms with Crippen molar-refractivity contribution in [1.82, 2.24) is 9.80 Å². The molecule has 0 aromatic heterocycles. The molecule has 2 heterocycles. The summed E-state index contributed by atoms with van der Waals surface area (Å²) in [4.78, 5) is 28.3. The molecule has 1 N–H and O–H groups in total. The number of piperazine rings is 1. The Balaban J connectivity index is 1.12. The van der Waals surface area contributed by atoms with Crippen LogP contribution in [0, 0.1) is 0 Å². The fourth-order valence-corrected chi connectivity index (χ4v) is 4.10. The van der Waals surface area contributed by atoms with E-state index in [1.165, 1.54) is 5.56 Å². The minimum atomic E-state index is 0.0640. The lowest BCUT2D eigenvalue weighted by Crippen LogP contribution is -2.48. The summed E-state index contributed by atoms with van der Waals surface area (Å²) in [5.41, 5.74) is 3.19. The summed E-state index contributed by atoms with van der Waals surface area (Å²) < 4.78 is 5.84. The van der Waals surface area contributed by atoms with E-state index >= 15 is 0 Å². The fourth-order valence-electron chi connectivity index (χ4n) is 4.10. The monoisotopic (exact) mass is 433 g/mol. The van der Waals surface area contributed by atoms with Crippen LogP contribution in [0.2, 0.25) is 0 Å². The molecule has 0 saturated carbocycles. The summed E-state index contributed by atoms with van der Waals surface area (Å²) >= 11 is 0. The maximum absolute atomic E-state index is 12.5. The molecular formula is C26H31N3O3. The largest absolute Gasteiger partial charge is 0.494 e. The standard InChI is InChI=1S/C26H31N3O3/c30-25-13-10-22-20-23(11-12-24(22)27-25)32-19-5-9-26(31)29-17-15-28(16-18-29)14-4-8-21-6-2-1-3-7-21/h1-4,6-8,11-12,20H,5,9-10,13-19H2,(H,27,30)/b8-4+. The molecule has 0 unspecified atom stereocenters.